The molecule has 1 aliphatic heterocycles. The van der Waals surface area contributed by atoms with E-state index in [2.05, 4.69) is 45.1 Å². The molecule has 0 saturated carbocycles. The molecule has 0 radical (unpaired) electrons. The van der Waals surface area contributed by atoms with Gasteiger partial charge in [0, 0.05) is 22.8 Å². The fourth-order valence-corrected chi connectivity index (χ4v) is 3.41. The third kappa shape index (κ3) is 3.24. The maximum Gasteiger partial charge on any atom is 0.231 e. The van der Waals surface area contributed by atoms with Gasteiger partial charge in [0.05, 0.1) is 6.54 Å². The van der Waals surface area contributed by atoms with Crippen molar-refractivity contribution in [2.24, 2.45) is 0 Å². The van der Waals surface area contributed by atoms with Gasteiger partial charge in [-0.25, -0.2) is 0 Å². The largest absolute Gasteiger partial charge is 0.368 e. The van der Waals surface area contributed by atoms with Gasteiger partial charge in [-0.2, -0.15) is 15.0 Å². The minimum atomic E-state index is 0.271. The molecule has 3 rings (SSSR count). The molecule has 1 aliphatic rings. The molecule has 0 amide bonds. The van der Waals surface area contributed by atoms with E-state index in [1.54, 1.807) is 11.3 Å². The van der Waals surface area contributed by atoms with E-state index in [9.17, 15) is 0 Å². The van der Waals surface area contributed by atoms with Gasteiger partial charge in [0.2, 0.25) is 17.8 Å². The maximum absolute atomic E-state index is 5.80. The van der Waals surface area contributed by atoms with Crippen LogP contribution in [-0.4, -0.2) is 28.0 Å². The number of aryl methyl sites for hydroxylation is 2. The van der Waals surface area contributed by atoms with Crippen molar-refractivity contribution in [2.45, 2.75) is 33.2 Å². The third-order valence-electron chi connectivity index (χ3n) is 3.67. The van der Waals surface area contributed by atoms with Crippen molar-refractivity contribution >= 4 is 29.2 Å². The molecular weight excluding hydrogens is 284 g/mol. The van der Waals surface area contributed by atoms with Crippen molar-refractivity contribution in [3.63, 3.8) is 0 Å². The molecule has 21 heavy (non-hydrogen) atoms. The zero-order valence-electron chi connectivity index (χ0n) is 12.4. The lowest BCUT2D eigenvalue weighted by Crippen LogP contribution is -2.22. The number of hydrogen-bond donors (Lipinski definition) is 2. The molecule has 0 aliphatic carbocycles. The van der Waals surface area contributed by atoms with Gasteiger partial charge in [-0.1, -0.05) is 0 Å². The summed E-state index contributed by atoms with van der Waals surface area (Å²) in [4.78, 5) is 17.7. The van der Waals surface area contributed by atoms with Gasteiger partial charge >= 0.3 is 0 Å². The van der Waals surface area contributed by atoms with Crippen LogP contribution in [0.15, 0.2) is 6.07 Å². The van der Waals surface area contributed by atoms with Crippen LogP contribution in [0.3, 0.4) is 0 Å². The Morgan fingerprint density at radius 1 is 1.24 bits per heavy atom. The van der Waals surface area contributed by atoms with Crippen LogP contribution in [0, 0.1) is 13.8 Å². The molecule has 2 aromatic heterocycles. The second kappa shape index (κ2) is 5.85. The molecule has 3 N–H and O–H groups in total. The minimum absolute atomic E-state index is 0.271. The van der Waals surface area contributed by atoms with Crippen LogP contribution < -0.4 is 16.0 Å². The van der Waals surface area contributed by atoms with Crippen molar-refractivity contribution in [3.05, 3.63) is 21.4 Å². The van der Waals surface area contributed by atoms with Gasteiger partial charge in [-0.3, -0.25) is 0 Å². The van der Waals surface area contributed by atoms with Crippen LogP contribution in [-0.2, 0) is 6.54 Å². The summed E-state index contributed by atoms with van der Waals surface area (Å²) in [6.45, 7) is 6.96. The van der Waals surface area contributed by atoms with E-state index in [0.717, 1.165) is 13.1 Å². The van der Waals surface area contributed by atoms with Crippen molar-refractivity contribution in [1.82, 2.24) is 15.0 Å². The summed E-state index contributed by atoms with van der Waals surface area (Å²) in [6.07, 6.45) is 2.37. The molecule has 3 heterocycles. The van der Waals surface area contributed by atoms with E-state index >= 15 is 0 Å². The molecule has 0 atom stereocenters. The van der Waals surface area contributed by atoms with Gasteiger partial charge in [0.25, 0.3) is 0 Å². The Bertz CT molecular complexity index is 613. The summed E-state index contributed by atoms with van der Waals surface area (Å²) in [5.74, 6) is 1.50. The van der Waals surface area contributed by atoms with Crippen LogP contribution >= 0.6 is 11.3 Å². The lowest BCUT2D eigenvalue weighted by Gasteiger charge is -2.15. The molecule has 0 aromatic carbocycles. The normalized spacial score (nSPS) is 14.7. The molecule has 1 fully saturated rings. The first-order chi connectivity index (χ1) is 10.1. The van der Waals surface area contributed by atoms with Crippen LogP contribution in [0.4, 0.5) is 17.8 Å². The van der Waals surface area contributed by atoms with E-state index in [-0.39, 0.29) is 5.95 Å². The molecule has 112 valence electrons. The number of nitrogen functional groups attached to an aromatic ring is 1. The maximum atomic E-state index is 5.80. The van der Waals surface area contributed by atoms with E-state index in [1.807, 2.05) is 0 Å². The molecule has 0 unspecified atom stereocenters. The molecule has 1 saturated heterocycles. The second-order valence-electron chi connectivity index (χ2n) is 5.32. The Labute approximate surface area is 128 Å². The van der Waals surface area contributed by atoms with Crippen molar-refractivity contribution in [2.75, 3.05) is 29.0 Å². The van der Waals surface area contributed by atoms with E-state index in [0.29, 0.717) is 18.4 Å². The van der Waals surface area contributed by atoms with Crippen molar-refractivity contribution in [3.8, 4) is 0 Å². The van der Waals surface area contributed by atoms with E-state index < -0.39 is 0 Å². The lowest BCUT2D eigenvalue weighted by atomic mass is 10.3. The lowest BCUT2D eigenvalue weighted by molar-refractivity contribution is 0.882. The zero-order chi connectivity index (χ0) is 14.8. The molecule has 0 bridgehead atoms. The fourth-order valence-electron chi connectivity index (χ4n) is 2.42. The Morgan fingerprint density at radius 2 is 2.00 bits per heavy atom. The first-order valence-corrected chi connectivity index (χ1v) is 8.00. The molecule has 6 nitrogen and oxygen atoms in total. The number of rotatable bonds is 4. The minimum Gasteiger partial charge on any atom is -0.368 e. The monoisotopic (exact) mass is 304 g/mol. The number of thiophene rings is 1. The summed E-state index contributed by atoms with van der Waals surface area (Å²) in [7, 11) is 0. The Balaban J connectivity index is 1.72. The first kappa shape index (κ1) is 14.1. The predicted molar refractivity (Wildman–Crippen MR) is 86.8 cm³/mol. The molecular formula is C14H20N6S. The standard InChI is InChI=1S/C14H20N6S/c1-9-7-11(21-10(9)2)8-16-13-17-12(15)18-14(19-13)20-5-3-4-6-20/h7H,3-6,8H2,1-2H3,(H3,15,16,17,18,19). The smallest absolute Gasteiger partial charge is 0.231 e. The highest BCUT2D eigenvalue weighted by atomic mass is 32.1. The van der Waals surface area contributed by atoms with E-state index in [4.69, 9.17) is 5.73 Å². The highest BCUT2D eigenvalue weighted by molar-refractivity contribution is 7.12. The van der Waals surface area contributed by atoms with Gasteiger partial charge < -0.3 is 16.0 Å². The molecule has 0 spiro atoms. The highest BCUT2D eigenvalue weighted by Gasteiger charge is 2.16. The highest BCUT2D eigenvalue weighted by Crippen LogP contribution is 2.22. The summed E-state index contributed by atoms with van der Waals surface area (Å²) >= 11 is 1.79. The molecule has 2 aromatic rings. The third-order valence-corrected chi connectivity index (χ3v) is 4.82. The number of aromatic nitrogens is 3. The second-order valence-corrected chi connectivity index (χ2v) is 6.66. The van der Waals surface area contributed by atoms with Gasteiger partial charge in [0.1, 0.15) is 0 Å². The SMILES string of the molecule is Cc1cc(CNc2nc(N)nc(N3CCCC3)n2)sc1C. The van der Waals surface area contributed by atoms with Gasteiger partial charge in [0.15, 0.2) is 0 Å². The van der Waals surface area contributed by atoms with Crippen LogP contribution in [0.1, 0.15) is 28.2 Å². The van der Waals surface area contributed by atoms with Crippen LogP contribution in [0.5, 0.6) is 0 Å². The van der Waals surface area contributed by atoms with Gasteiger partial charge in [-0.15, -0.1) is 11.3 Å². The van der Waals surface area contributed by atoms with Crippen LogP contribution in [0.2, 0.25) is 0 Å². The number of nitrogens with two attached hydrogens (primary N) is 1. The topological polar surface area (TPSA) is 80.0 Å². The predicted octanol–water partition coefficient (Wildman–Crippen LogP) is 2.34. The summed E-state index contributed by atoms with van der Waals surface area (Å²) in [5.41, 5.74) is 7.12. The number of nitrogens with one attached hydrogen (secondary N) is 1. The number of nitrogens with zero attached hydrogens (tertiary/aromatic N) is 4. The quantitative estimate of drug-likeness (QED) is 0.902. The average Bonchev–Trinajstić information content (AvgIpc) is 3.07. The van der Waals surface area contributed by atoms with Crippen molar-refractivity contribution < 1.29 is 0 Å². The first-order valence-electron chi connectivity index (χ1n) is 7.18. The fraction of sp³-hybridized carbons (Fsp3) is 0.500. The zero-order valence-corrected chi connectivity index (χ0v) is 13.2. The average molecular weight is 304 g/mol. The van der Waals surface area contributed by atoms with Crippen LogP contribution in [0.25, 0.3) is 0 Å². The number of anilines is 3. The summed E-state index contributed by atoms with van der Waals surface area (Å²) < 4.78 is 0. The summed E-state index contributed by atoms with van der Waals surface area (Å²) in [6, 6.07) is 2.19. The Morgan fingerprint density at radius 3 is 2.67 bits per heavy atom. The number of hydrogen-bond acceptors (Lipinski definition) is 7. The Kier molecular flexibility index (Phi) is 3.92. The van der Waals surface area contributed by atoms with E-state index in [1.165, 1.54) is 28.2 Å². The summed E-state index contributed by atoms with van der Waals surface area (Å²) in [5, 5.41) is 3.25. The van der Waals surface area contributed by atoms with Gasteiger partial charge in [-0.05, 0) is 38.3 Å². The Hall–Kier alpha value is -1.89. The van der Waals surface area contributed by atoms with Crippen molar-refractivity contribution in [1.29, 1.82) is 0 Å². The molecule has 7 heteroatoms.